The van der Waals surface area contributed by atoms with Crippen molar-refractivity contribution in [1.29, 1.82) is 0 Å². The number of rotatable bonds is 1. The van der Waals surface area contributed by atoms with Gasteiger partial charge in [-0.15, -0.1) is 0 Å². The van der Waals surface area contributed by atoms with Gasteiger partial charge in [0.2, 0.25) is 0 Å². The van der Waals surface area contributed by atoms with Gasteiger partial charge in [0.15, 0.2) is 0 Å². The Kier molecular flexibility index (Phi) is 3.26. The maximum Gasteiger partial charge on any atom is 0.127 e. The van der Waals surface area contributed by atoms with Crippen LogP contribution in [0.4, 0.5) is 0 Å². The van der Waals surface area contributed by atoms with Gasteiger partial charge in [-0.3, -0.25) is 0 Å². The zero-order valence-electron chi connectivity index (χ0n) is 10.5. The van der Waals surface area contributed by atoms with E-state index in [9.17, 15) is 0 Å². The summed E-state index contributed by atoms with van der Waals surface area (Å²) in [5.41, 5.74) is 1.43. The summed E-state index contributed by atoms with van der Waals surface area (Å²) in [6, 6.07) is 0. The highest BCUT2D eigenvalue weighted by molar-refractivity contribution is 9.10. The van der Waals surface area contributed by atoms with Crippen LogP contribution in [-0.2, 0) is 13.0 Å². The number of piperidine rings is 1. The summed E-state index contributed by atoms with van der Waals surface area (Å²) in [5, 5.41) is 0. The van der Waals surface area contributed by atoms with Gasteiger partial charge in [-0.2, -0.15) is 0 Å². The van der Waals surface area contributed by atoms with E-state index in [4.69, 9.17) is 4.98 Å². The van der Waals surface area contributed by atoms with E-state index >= 15 is 0 Å². The molecule has 3 rings (SSSR count). The van der Waals surface area contributed by atoms with Crippen molar-refractivity contribution in [3.8, 4) is 0 Å². The Morgan fingerprint density at radius 2 is 2.12 bits per heavy atom. The van der Waals surface area contributed by atoms with E-state index < -0.39 is 0 Å². The fourth-order valence-corrected chi connectivity index (χ4v) is 3.81. The molecule has 0 radical (unpaired) electrons. The highest BCUT2D eigenvalue weighted by Crippen LogP contribution is 2.32. The molecule has 1 aromatic heterocycles. The molecule has 3 nitrogen and oxygen atoms in total. The zero-order chi connectivity index (χ0) is 11.8. The summed E-state index contributed by atoms with van der Waals surface area (Å²) in [7, 11) is 2.22. The van der Waals surface area contributed by atoms with Gasteiger partial charge in [-0.25, -0.2) is 4.98 Å². The zero-order valence-corrected chi connectivity index (χ0v) is 12.0. The first-order chi connectivity index (χ1) is 8.25. The number of hydrogen-bond donors (Lipinski definition) is 0. The van der Waals surface area contributed by atoms with E-state index in [0.717, 1.165) is 4.60 Å². The smallest absolute Gasteiger partial charge is 0.127 e. The summed E-state index contributed by atoms with van der Waals surface area (Å²) in [5.74, 6) is 1.97. The topological polar surface area (TPSA) is 21.1 Å². The van der Waals surface area contributed by atoms with Crippen LogP contribution in [0, 0.1) is 0 Å². The number of hydrogen-bond acceptors (Lipinski definition) is 2. The van der Waals surface area contributed by atoms with Crippen molar-refractivity contribution in [2.75, 3.05) is 20.1 Å². The first-order valence-corrected chi connectivity index (χ1v) is 7.48. The fraction of sp³-hybridized carbons (Fsp3) is 0.769. The van der Waals surface area contributed by atoms with Gasteiger partial charge in [0.25, 0.3) is 0 Å². The SMILES string of the molecule is CN1CCCC(c2nc(Br)c3n2CCCC3)C1. The lowest BCUT2D eigenvalue weighted by atomic mass is 9.97. The third-order valence-corrected chi connectivity index (χ3v) is 4.72. The van der Waals surface area contributed by atoms with E-state index in [1.54, 1.807) is 0 Å². The fourth-order valence-electron chi connectivity index (χ4n) is 3.21. The lowest BCUT2D eigenvalue weighted by Crippen LogP contribution is -2.32. The van der Waals surface area contributed by atoms with Gasteiger partial charge >= 0.3 is 0 Å². The van der Waals surface area contributed by atoms with Crippen LogP contribution in [-0.4, -0.2) is 34.6 Å². The third kappa shape index (κ3) is 2.17. The molecule has 2 aliphatic heterocycles. The predicted octanol–water partition coefficient (Wildman–Crippen LogP) is 2.79. The molecule has 0 aliphatic carbocycles. The molecule has 0 bridgehead atoms. The number of likely N-dealkylation sites (tertiary alicyclic amines) is 1. The lowest BCUT2D eigenvalue weighted by Gasteiger charge is -2.30. The maximum atomic E-state index is 4.80. The minimum absolute atomic E-state index is 0.636. The number of fused-ring (bicyclic) bond motifs is 1. The second kappa shape index (κ2) is 4.73. The van der Waals surface area contributed by atoms with Gasteiger partial charge in [0.05, 0.1) is 5.69 Å². The second-order valence-corrected chi connectivity index (χ2v) is 6.17. The van der Waals surface area contributed by atoms with Crippen molar-refractivity contribution < 1.29 is 0 Å². The minimum Gasteiger partial charge on any atom is -0.331 e. The monoisotopic (exact) mass is 297 g/mol. The van der Waals surface area contributed by atoms with Crippen LogP contribution >= 0.6 is 15.9 Å². The number of nitrogens with zero attached hydrogens (tertiary/aromatic N) is 3. The van der Waals surface area contributed by atoms with Crippen molar-refractivity contribution in [3.05, 3.63) is 16.1 Å². The van der Waals surface area contributed by atoms with Crippen molar-refractivity contribution in [2.45, 2.75) is 44.6 Å². The van der Waals surface area contributed by atoms with Gasteiger partial charge in [-0.1, -0.05) is 0 Å². The summed E-state index contributed by atoms with van der Waals surface area (Å²) < 4.78 is 3.58. The molecule has 1 atom stereocenters. The van der Waals surface area contributed by atoms with E-state index in [2.05, 4.69) is 32.4 Å². The molecule has 0 spiro atoms. The van der Waals surface area contributed by atoms with Gasteiger partial charge in [0.1, 0.15) is 10.4 Å². The number of imidazole rings is 1. The Morgan fingerprint density at radius 1 is 1.24 bits per heavy atom. The molecule has 94 valence electrons. The maximum absolute atomic E-state index is 4.80. The number of aromatic nitrogens is 2. The first kappa shape index (κ1) is 11.7. The third-order valence-electron chi connectivity index (χ3n) is 4.09. The van der Waals surface area contributed by atoms with Crippen molar-refractivity contribution in [2.24, 2.45) is 0 Å². The van der Waals surface area contributed by atoms with Gasteiger partial charge in [-0.05, 0) is 61.6 Å². The summed E-state index contributed by atoms with van der Waals surface area (Å²) in [6.45, 7) is 3.58. The molecule has 0 N–H and O–H groups in total. The van der Waals surface area contributed by atoms with Crippen LogP contribution in [0.25, 0.3) is 0 Å². The highest BCUT2D eigenvalue weighted by atomic mass is 79.9. The molecule has 17 heavy (non-hydrogen) atoms. The van der Waals surface area contributed by atoms with E-state index in [0.29, 0.717) is 5.92 Å². The number of likely N-dealkylation sites (N-methyl/N-ethyl adjacent to an activating group) is 1. The molecule has 1 saturated heterocycles. The Labute approximate surface area is 111 Å². The first-order valence-electron chi connectivity index (χ1n) is 6.69. The highest BCUT2D eigenvalue weighted by Gasteiger charge is 2.27. The molecule has 0 saturated carbocycles. The van der Waals surface area contributed by atoms with Crippen LogP contribution in [0.2, 0.25) is 0 Å². The quantitative estimate of drug-likeness (QED) is 0.795. The Morgan fingerprint density at radius 3 is 2.94 bits per heavy atom. The van der Waals surface area contributed by atoms with E-state index in [1.165, 1.54) is 63.3 Å². The van der Waals surface area contributed by atoms with Crippen LogP contribution in [0.15, 0.2) is 4.60 Å². The molecular weight excluding hydrogens is 278 g/mol. The Balaban J connectivity index is 1.91. The minimum atomic E-state index is 0.636. The molecular formula is C13H20BrN3. The van der Waals surface area contributed by atoms with Crippen molar-refractivity contribution in [1.82, 2.24) is 14.5 Å². The molecule has 3 heterocycles. The van der Waals surface area contributed by atoms with Gasteiger partial charge < -0.3 is 9.47 Å². The predicted molar refractivity (Wildman–Crippen MR) is 72.3 cm³/mol. The van der Waals surface area contributed by atoms with Crippen LogP contribution in [0.5, 0.6) is 0 Å². The Hall–Kier alpha value is -0.350. The van der Waals surface area contributed by atoms with Crippen molar-refractivity contribution in [3.63, 3.8) is 0 Å². The average molecular weight is 298 g/mol. The lowest BCUT2D eigenvalue weighted by molar-refractivity contribution is 0.242. The molecule has 4 heteroatoms. The molecule has 1 unspecified atom stereocenters. The van der Waals surface area contributed by atoms with E-state index in [1.807, 2.05) is 0 Å². The Bertz CT molecular complexity index is 413. The second-order valence-electron chi connectivity index (χ2n) is 5.42. The van der Waals surface area contributed by atoms with Crippen LogP contribution < -0.4 is 0 Å². The molecule has 2 aliphatic rings. The number of halogens is 1. The standard InChI is InChI=1S/C13H20BrN3/c1-16-7-4-5-10(9-16)13-15-12(14)11-6-2-3-8-17(11)13/h10H,2-9H2,1H3. The largest absolute Gasteiger partial charge is 0.331 e. The summed E-state index contributed by atoms with van der Waals surface area (Å²) >= 11 is 3.64. The summed E-state index contributed by atoms with van der Waals surface area (Å²) in [4.78, 5) is 7.24. The summed E-state index contributed by atoms with van der Waals surface area (Å²) in [6.07, 6.45) is 6.42. The average Bonchev–Trinajstić information content (AvgIpc) is 2.68. The van der Waals surface area contributed by atoms with Gasteiger partial charge in [0, 0.05) is 19.0 Å². The van der Waals surface area contributed by atoms with Crippen molar-refractivity contribution >= 4 is 15.9 Å². The van der Waals surface area contributed by atoms with E-state index in [-0.39, 0.29) is 0 Å². The van der Waals surface area contributed by atoms with Crippen LogP contribution in [0.1, 0.15) is 43.1 Å². The normalized spacial score (nSPS) is 25.9. The molecule has 1 aromatic rings. The van der Waals surface area contributed by atoms with Crippen LogP contribution in [0.3, 0.4) is 0 Å². The molecule has 1 fully saturated rings. The molecule has 0 aromatic carbocycles. The molecule has 0 amide bonds.